The zero-order valence-corrected chi connectivity index (χ0v) is 9.71. The molecule has 1 atom stereocenters. The van der Waals surface area contributed by atoms with Crippen LogP contribution in [0.15, 0.2) is 4.99 Å². The molecule has 14 heavy (non-hydrogen) atoms. The van der Waals surface area contributed by atoms with Crippen LogP contribution in [0.5, 0.6) is 0 Å². The smallest absolute Gasteiger partial charge is 0.0965 e. The first-order valence-electron chi connectivity index (χ1n) is 5.63. The van der Waals surface area contributed by atoms with Crippen molar-refractivity contribution < 1.29 is 0 Å². The van der Waals surface area contributed by atoms with E-state index in [1.54, 1.807) is 0 Å². The summed E-state index contributed by atoms with van der Waals surface area (Å²) in [5.74, 6) is 1.22. The fraction of sp³-hybridized carbons (Fsp3) is 0.909. The fourth-order valence-electron chi connectivity index (χ4n) is 1.62. The predicted molar refractivity (Wildman–Crippen MR) is 61.9 cm³/mol. The first kappa shape index (κ1) is 11.5. The third-order valence-electron chi connectivity index (χ3n) is 2.55. The highest BCUT2D eigenvalue weighted by molar-refractivity contribution is 5.82. The van der Waals surface area contributed by atoms with Crippen LogP contribution in [-0.4, -0.2) is 44.0 Å². The van der Waals surface area contributed by atoms with Crippen LogP contribution in [0.1, 0.15) is 32.6 Å². The van der Waals surface area contributed by atoms with E-state index < -0.39 is 0 Å². The van der Waals surface area contributed by atoms with E-state index >= 15 is 0 Å². The van der Waals surface area contributed by atoms with Crippen molar-refractivity contribution in [3.63, 3.8) is 0 Å². The summed E-state index contributed by atoms with van der Waals surface area (Å²) in [7, 11) is 4.23. The Kier molecular flexibility index (Phi) is 4.94. The molecule has 3 heteroatoms. The van der Waals surface area contributed by atoms with Gasteiger partial charge in [0.2, 0.25) is 0 Å². The van der Waals surface area contributed by atoms with Crippen molar-refractivity contribution in [1.29, 1.82) is 0 Å². The minimum Gasteiger partial charge on any atom is -0.371 e. The number of nitrogens with zero attached hydrogens (tertiary/aromatic N) is 2. The molecule has 1 N–H and O–H groups in total. The van der Waals surface area contributed by atoms with Gasteiger partial charge in [0.15, 0.2) is 0 Å². The number of hydrogen-bond acceptors (Lipinski definition) is 3. The van der Waals surface area contributed by atoms with Gasteiger partial charge in [0.1, 0.15) is 0 Å². The lowest BCUT2D eigenvalue weighted by atomic mass is 10.1. The Morgan fingerprint density at radius 2 is 2.21 bits per heavy atom. The van der Waals surface area contributed by atoms with Gasteiger partial charge in [-0.15, -0.1) is 0 Å². The highest BCUT2D eigenvalue weighted by atomic mass is 15.1. The van der Waals surface area contributed by atoms with Crippen LogP contribution in [0.2, 0.25) is 0 Å². The zero-order valence-electron chi connectivity index (χ0n) is 9.71. The molecule has 0 fully saturated rings. The highest BCUT2D eigenvalue weighted by Crippen LogP contribution is 2.05. The van der Waals surface area contributed by atoms with Gasteiger partial charge in [0.25, 0.3) is 0 Å². The molecule has 0 aliphatic carbocycles. The van der Waals surface area contributed by atoms with Crippen LogP contribution in [0.3, 0.4) is 0 Å². The summed E-state index contributed by atoms with van der Waals surface area (Å²) in [5.41, 5.74) is 0. The Bertz CT molecular complexity index is 187. The van der Waals surface area contributed by atoms with Crippen LogP contribution >= 0.6 is 0 Å². The van der Waals surface area contributed by atoms with Gasteiger partial charge in [0.05, 0.1) is 5.84 Å². The van der Waals surface area contributed by atoms with Crippen molar-refractivity contribution in [3.8, 4) is 0 Å². The quantitative estimate of drug-likeness (QED) is 0.739. The zero-order chi connectivity index (χ0) is 10.4. The minimum absolute atomic E-state index is 0.550. The average Bonchev–Trinajstić information content (AvgIpc) is 2.16. The molecule has 0 saturated heterocycles. The molecular formula is C11H23N3. The lowest BCUT2D eigenvalue weighted by Gasteiger charge is -2.20. The standard InChI is InChI=1S/C11H23N3/c1-10(7-9-14(2)3)13-11-6-4-5-8-12-11/h10H,4-9H2,1-3H3,(H,12,13). The molecule has 0 radical (unpaired) electrons. The number of rotatable bonds is 4. The van der Waals surface area contributed by atoms with Gasteiger partial charge >= 0.3 is 0 Å². The summed E-state index contributed by atoms with van der Waals surface area (Å²) in [6.45, 7) is 4.39. The lowest BCUT2D eigenvalue weighted by molar-refractivity contribution is 0.378. The molecule has 1 rings (SSSR count). The summed E-state index contributed by atoms with van der Waals surface area (Å²) < 4.78 is 0. The van der Waals surface area contributed by atoms with Crippen LogP contribution in [0.25, 0.3) is 0 Å². The third-order valence-corrected chi connectivity index (χ3v) is 2.55. The molecule has 0 saturated carbocycles. The van der Waals surface area contributed by atoms with Crippen molar-refractivity contribution in [2.24, 2.45) is 4.99 Å². The Morgan fingerprint density at radius 3 is 2.79 bits per heavy atom. The van der Waals surface area contributed by atoms with Crippen molar-refractivity contribution in [3.05, 3.63) is 0 Å². The Balaban J connectivity index is 2.18. The highest BCUT2D eigenvalue weighted by Gasteiger charge is 2.08. The Morgan fingerprint density at radius 1 is 1.43 bits per heavy atom. The van der Waals surface area contributed by atoms with E-state index in [1.165, 1.54) is 25.1 Å². The maximum absolute atomic E-state index is 4.49. The molecule has 82 valence electrons. The molecule has 0 aromatic carbocycles. The average molecular weight is 197 g/mol. The van der Waals surface area contributed by atoms with Gasteiger partial charge < -0.3 is 10.2 Å². The Labute approximate surface area is 87.6 Å². The maximum Gasteiger partial charge on any atom is 0.0965 e. The number of nitrogens with one attached hydrogen (secondary N) is 1. The van der Waals surface area contributed by atoms with E-state index in [0.717, 1.165) is 19.5 Å². The predicted octanol–water partition coefficient (Wildman–Crippen LogP) is 1.50. The normalized spacial score (nSPS) is 19.3. The second-order valence-corrected chi connectivity index (χ2v) is 4.42. The fourth-order valence-corrected chi connectivity index (χ4v) is 1.62. The van der Waals surface area contributed by atoms with E-state index in [0.29, 0.717) is 6.04 Å². The van der Waals surface area contributed by atoms with Crippen molar-refractivity contribution in [2.45, 2.75) is 38.6 Å². The van der Waals surface area contributed by atoms with Gasteiger partial charge in [-0.1, -0.05) is 0 Å². The van der Waals surface area contributed by atoms with E-state index in [4.69, 9.17) is 0 Å². The topological polar surface area (TPSA) is 27.6 Å². The first-order valence-corrected chi connectivity index (χ1v) is 5.63. The maximum atomic E-state index is 4.49. The summed E-state index contributed by atoms with van der Waals surface area (Å²) in [6.07, 6.45) is 4.89. The van der Waals surface area contributed by atoms with Crippen molar-refractivity contribution >= 4 is 5.84 Å². The molecule has 0 aromatic rings. The molecule has 1 aliphatic rings. The Hall–Kier alpha value is -0.570. The lowest BCUT2D eigenvalue weighted by Crippen LogP contribution is -2.35. The third kappa shape index (κ3) is 4.61. The van der Waals surface area contributed by atoms with E-state index in [9.17, 15) is 0 Å². The van der Waals surface area contributed by atoms with E-state index in [1.807, 2.05) is 0 Å². The van der Waals surface area contributed by atoms with E-state index in [-0.39, 0.29) is 0 Å². The molecule has 1 aliphatic heterocycles. The van der Waals surface area contributed by atoms with Crippen LogP contribution in [0, 0.1) is 0 Å². The van der Waals surface area contributed by atoms with Crippen LogP contribution in [-0.2, 0) is 0 Å². The monoisotopic (exact) mass is 197 g/mol. The van der Waals surface area contributed by atoms with Crippen LogP contribution < -0.4 is 5.32 Å². The van der Waals surface area contributed by atoms with Crippen molar-refractivity contribution in [1.82, 2.24) is 10.2 Å². The molecule has 1 heterocycles. The molecule has 1 unspecified atom stereocenters. The number of aliphatic imine (C=N–C) groups is 1. The molecule has 0 aromatic heterocycles. The molecule has 3 nitrogen and oxygen atoms in total. The summed E-state index contributed by atoms with van der Waals surface area (Å²) >= 11 is 0. The second-order valence-electron chi connectivity index (χ2n) is 4.42. The summed E-state index contributed by atoms with van der Waals surface area (Å²) in [6, 6.07) is 0.550. The van der Waals surface area contributed by atoms with Gasteiger partial charge in [-0.25, -0.2) is 0 Å². The van der Waals surface area contributed by atoms with Gasteiger partial charge in [0, 0.05) is 19.0 Å². The number of hydrogen-bond donors (Lipinski definition) is 1. The van der Waals surface area contributed by atoms with Crippen molar-refractivity contribution in [2.75, 3.05) is 27.2 Å². The van der Waals surface area contributed by atoms with Gasteiger partial charge in [-0.2, -0.15) is 0 Å². The largest absolute Gasteiger partial charge is 0.371 e. The molecular weight excluding hydrogens is 174 g/mol. The molecule has 0 spiro atoms. The molecule has 0 bridgehead atoms. The minimum atomic E-state index is 0.550. The van der Waals surface area contributed by atoms with E-state index in [2.05, 4.69) is 36.2 Å². The number of amidine groups is 1. The van der Waals surface area contributed by atoms with Gasteiger partial charge in [-0.3, -0.25) is 4.99 Å². The van der Waals surface area contributed by atoms with Crippen LogP contribution in [0.4, 0.5) is 0 Å². The van der Waals surface area contributed by atoms with Gasteiger partial charge in [-0.05, 0) is 46.8 Å². The molecule has 0 amide bonds. The SMILES string of the molecule is CC(CCN(C)C)NC1=NCCCC1. The summed E-state index contributed by atoms with van der Waals surface area (Å²) in [5, 5.41) is 3.50. The first-order chi connectivity index (χ1) is 6.68. The summed E-state index contributed by atoms with van der Waals surface area (Å²) in [4.78, 5) is 6.71. The second kappa shape index (κ2) is 6.02.